The second-order valence-corrected chi connectivity index (χ2v) is 16.0. The highest BCUT2D eigenvalue weighted by Gasteiger charge is 2.47. The van der Waals surface area contributed by atoms with E-state index in [0.717, 1.165) is 33.8 Å². The van der Waals surface area contributed by atoms with E-state index in [1.165, 1.54) is 64.3 Å². The molecule has 8 aromatic carbocycles. The quantitative estimate of drug-likeness (QED) is 0.182. The van der Waals surface area contributed by atoms with Crippen LogP contribution in [0.2, 0.25) is 0 Å². The monoisotopic (exact) mass is 747 g/mol. The maximum Gasteiger partial charge on any atom is 0.272 e. The van der Waals surface area contributed by atoms with E-state index in [-0.39, 0.29) is 6.29 Å². The van der Waals surface area contributed by atoms with Crippen molar-refractivity contribution in [3.63, 3.8) is 0 Å². The minimum Gasteiger partial charge on any atom is -0.271 e. The van der Waals surface area contributed by atoms with Gasteiger partial charge in [0, 0.05) is 36.5 Å². The van der Waals surface area contributed by atoms with Gasteiger partial charge in [0.2, 0.25) is 5.84 Å². The number of amidine groups is 2. The average Bonchev–Trinajstić information content (AvgIpc) is 3.94. The molecule has 0 fully saturated rings. The van der Waals surface area contributed by atoms with Crippen LogP contribution < -0.4 is 5.32 Å². The van der Waals surface area contributed by atoms with Crippen LogP contribution in [0.4, 0.5) is 0 Å². The van der Waals surface area contributed by atoms with E-state index in [1.54, 1.807) is 0 Å². The van der Waals surface area contributed by atoms with E-state index in [1.807, 2.05) is 11.3 Å². The predicted octanol–water partition coefficient (Wildman–Crippen LogP) is 11.5. The molecule has 4 nitrogen and oxygen atoms in total. The standard InChI is InChI=1S/C52H34N4S/c1-4-17-33(18-5-1)49-53-50(40-27-16-26-37-36-23-12-15-30-45(36)57-48(37)40)55-51(54-49)56-43-29-14-11-25-39(43)47-44(56)32-31-42-46(47)38-24-10-13-28-41(38)52(42,34-19-6-2-7-20-34)35-21-8-3-9-22-35/h1-32,51H,(H,53,54,55)/p+1. The number of aromatic nitrogens is 1. The van der Waals surface area contributed by atoms with Gasteiger partial charge in [-0.3, -0.25) is 9.88 Å². The van der Waals surface area contributed by atoms with Gasteiger partial charge in [-0.15, -0.1) is 11.3 Å². The van der Waals surface area contributed by atoms with Gasteiger partial charge in [0.15, 0.2) is 5.84 Å². The maximum atomic E-state index is 5.60. The van der Waals surface area contributed by atoms with Crippen LogP contribution >= 0.6 is 11.3 Å². The molecular formula is C52H35N4S+. The van der Waals surface area contributed by atoms with Crippen molar-refractivity contribution in [1.29, 1.82) is 0 Å². The fourth-order valence-corrected chi connectivity index (χ4v) is 11.0. The van der Waals surface area contributed by atoms with Gasteiger partial charge in [0.05, 0.1) is 22.0 Å². The van der Waals surface area contributed by atoms with Crippen LogP contribution in [0.3, 0.4) is 0 Å². The summed E-state index contributed by atoms with van der Waals surface area (Å²) in [6.45, 7) is 0. The Balaban J connectivity index is 1.14. The number of fused-ring (bicyclic) bond motifs is 10. The third kappa shape index (κ3) is 4.64. The smallest absolute Gasteiger partial charge is 0.271 e. The minimum atomic E-state index is -0.482. The first-order valence-corrected chi connectivity index (χ1v) is 20.3. The number of quaternary nitrogens is 1. The molecule has 268 valence electrons. The van der Waals surface area contributed by atoms with Crippen molar-refractivity contribution in [2.24, 2.45) is 9.98 Å². The van der Waals surface area contributed by atoms with Crippen molar-refractivity contribution in [3.05, 3.63) is 228 Å². The van der Waals surface area contributed by atoms with Gasteiger partial charge in [-0.05, 0) is 69.8 Å². The molecule has 2 aliphatic rings. The zero-order chi connectivity index (χ0) is 37.5. The van der Waals surface area contributed by atoms with Gasteiger partial charge < -0.3 is 0 Å². The molecule has 0 saturated heterocycles. The molecule has 57 heavy (non-hydrogen) atoms. The summed E-state index contributed by atoms with van der Waals surface area (Å²) < 4.78 is 4.93. The second kappa shape index (κ2) is 12.6. The Morgan fingerprint density at radius 1 is 0.509 bits per heavy atom. The number of aliphatic imine (C=N–C) groups is 2. The van der Waals surface area contributed by atoms with E-state index in [4.69, 9.17) is 9.98 Å². The summed E-state index contributed by atoms with van der Waals surface area (Å²) in [6, 6.07) is 70.5. The van der Waals surface area contributed by atoms with Crippen LogP contribution in [0.15, 0.2) is 204 Å². The molecule has 12 rings (SSSR count). The molecule has 1 aliphatic carbocycles. The lowest BCUT2D eigenvalue weighted by Crippen LogP contribution is -2.91. The van der Waals surface area contributed by atoms with Gasteiger partial charge in [-0.25, -0.2) is 0 Å². The summed E-state index contributed by atoms with van der Waals surface area (Å²) in [5.74, 6) is 1.68. The number of nitrogens with two attached hydrogens (primary N) is 1. The first kappa shape index (κ1) is 32.3. The number of hydrogen-bond donors (Lipinski definition) is 1. The van der Waals surface area contributed by atoms with Crippen molar-refractivity contribution in [2.45, 2.75) is 11.7 Å². The fraction of sp³-hybridized carbons (Fsp3) is 0.0385. The lowest BCUT2D eigenvalue weighted by Gasteiger charge is -2.33. The SMILES string of the molecule is c1ccc(C2=NC(c3cccc4c3sc3ccccc34)=NC(n3c4ccccc4c4c5c(ccc43)C(c3ccccc3)(c3ccccc3)c3ccccc3-5)[NH2+]2)cc1. The number of rotatable bonds is 5. The van der Waals surface area contributed by atoms with Crippen LogP contribution in [0.1, 0.15) is 39.7 Å². The van der Waals surface area contributed by atoms with E-state index >= 15 is 0 Å². The number of nitrogens with zero attached hydrogens (tertiary/aromatic N) is 3. The summed E-state index contributed by atoms with van der Waals surface area (Å²) in [7, 11) is 0. The van der Waals surface area contributed by atoms with E-state index in [9.17, 15) is 0 Å². The van der Waals surface area contributed by atoms with Gasteiger partial charge in [-0.1, -0.05) is 158 Å². The van der Waals surface area contributed by atoms with Gasteiger partial charge in [0.25, 0.3) is 6.29 Å². The van der Waals surface area contributed by atoms with Crippen molar-refractivity contribution in [1.82, 2.24) is 4.57 Å². The minimum absolute atomic E-state index is 0.345. The lowest BCUT2D eigenvalue weighted by atomic mass is 9.67. The predicted molar refractivity (Wildman–Crippen MR) is 237 cm³/mol. The maximum absolute atomic E-state index is 5.60. The van der Waals surface area contributed by atoms with Crippen molar-refractivity contribution >= 4 is 65.0 Å². The van der Waals surface area contributed by atoms with Crippen LogP contribution in [-0.2, 0) is 5.41 Å². The molecule has 1 atom stereocenters. The number of hydrogen-bond acceptors (Lipinski definition) is 3. The highest BCUT2D eigenvalue weighted by atomic mass is 32.1. The third-order valence-electron chi connectivity index (χ3n) is 12.1. The van der Waals surface area contributed by atoms with E-state index in [0.29, 0.717) is 0 Å². The third-order valence-corrected chi connectivity index (χ3v) is 13.3. The van der Waals surface area contributed by atoms with E-state index in [2.05, 4.69) is 204 Å². The van der Waals surface area contributed by atoms with Gasteiger partial charge in [-0.2, -0.15) is 9.98 Å². The Labute approximate surface area is 333 Å². The molecule has 1 unspecified atom stereocenters. The summed E-state index contributed by atoms with van der Waals surface area (Å²) in [5.41, 5.74) is 11.7. The van der Waals surface area contributed by atoms with Crippen molar-refractivity contribution < 1.29 is 5.32 Å². The van der Waals surface area contributed by atoms with Gasteiger partial charge >= 0.3 is 0 Å². The topological polar surface area (TPSA) is 46.3 Å². The highest BCUT2D eigenvalue weighted by Crippen LogP contribution is 2.58. The fourth-order valence-electron chi connectivity index (χ4n) is 9.74. The Morgan fingerprint density at radius 2 is 1.14 bits per heavy atom. The second-order valence-electron chi connectivity index (χ2n) is 15.0. The zero-order valence-corrected chi connectivity index (χ0v) is 31.7. The first-order chi connectivity index (χ1) is 28.3. The summed E-state index contributed by atoms with van der Waals surface area (Å²) in [5, 5.41) is 7.23. The Hall–Kier alpha value is -6.92. The summed E-state index contributed by atoms with van der Waals surface area (Å²) >= 11 is 1.82. The molecule has 2 N–H and O–H groups in total. The van der Waals surface area contributed by atoms with Crippen molar-refractivity contribution in [3.8, 4) is 11.1 Å². The first-order valence-electron chi connectivity index (χ1n) is 19.5. The molecule has 2 aromatic heterocycles. The van der Waals surface area contributed by atoms with Crippen LogP contribution in [0, 0.1) is 0 Å². The normalized spacial score (nSPS) is 15.8. The molecule has 0 spiro atoms. The lowest BCUT2D eigenvalue weighted by molar-refractivity contribution is -0.603. The number of benzene rings is 8. The molecule has 0 amide bonds. The zero-order valence-electron chi connectivity index (χ0n) is 30.9. The highest BCUT2D eigenvalue weighted by molar-refractivity contribution is 7.26. The molecule has 3 heterocycles. The molecule has 5 heteroatoms. The summed E-state index contributed by atoms with van der Waals surface area (Å²) in [4.78, 5) is 10.9. The Bertz CT molecular complexity index is 3230. The van der Waals surface area contributed by atoms with Crippen LogP contribution in [0.5, 0.6) is 0 Å². The Kier molecular flexibility index (Phi) is 7.12. The van der Waals surface area contributed by atoms with Crippen molar-refractivity contribution in [2.75, 3.05) is 0 Å². The molecule has 0 bridgehead atoms. The summed E-state index contributed by atoms with van der Waals surface area (Å²) in [6.07, 6.45) is -0.345. The Morgan fingerprint density at radius 3 is 1.93 bits per heavy atom. The molecule has 1 aliphatic heterocycles. The van der Waals surface area contributed by atoms with E-state index < -0.39 is 5.41 Å². The molecule has 0 radical (unpaired) electrons. The number of thiophene rings is 1. The van der Waals surface area contributed by atoms with Crippen LogP contribution in [0.25, 0.3) is 53.1 Å². The van der Waals surface area contributed by atoms with Crippen LogP contribution in [-0.4, -0.2) is 16.2 Å². The molecule has 0 saturated carbocycles. The molecule has 10 aromatic rings. The van der Waals surface area contributed by atoms with Gasteiger partial charge in [0.1, 0.15) is 0 Å². The average molecular weight is 748 g/mol. The largest absolute Gasteiger partial charge is 0.272 e. The number of para-hydroxylation sites is 1. The molecular weight excluding hydrogens is 713 g/mol.